The van der Waals surface area contributed by atoms with Crippen LogP contribution in [0.1, 0.15) is 15.9 Å². The number of carbonyl (C=O) groups is 1. The largest absolute Gasteiger partial charge is 0.495 e. The Morgan fingerprint density at radius 2 is 1.94 bits per heavy atom. The molecule has 0 spiro atoms. The number of hydrogen-bond donors (Lipinski definition) is 0. The fourth-order valence-electron chi connectivity index (χ4n) is 1.05. The minimum absolute atomic E-state index is 0.240. The number of carbonyl (C=O) groups excluding carboxylic acids is 1. The number of rotatable bonds is 2. The van der Waals surface area contributed by atoms with Gasteiger partial charge < -0.3 is 4.74 Å². The summed E-state index contributed by atoms with van der Waals surface area (Å²) >= 11 is 10.7. The Kier molecular flexibility index (Phi) is 3.70. The van der Waals surface area contributed by atoms with E-state index >= 15 is 0 Å². The summed E-state index contributed by atoms with van der Waals surface area (Å²) in [7, 11) is 1.14. The van der Waals surface area contributed by atoms with E-state index in [1.54, 1.807) is 0 Å². The average Bonchev–Trinajstić information content (AvgIpc) is 2.15. The van der Waals surface area contributed by atoms with Crippen molar-refractivity contribution in [3.05, 3.63) is 28.3 Å². The SMILES string of the molecule is COc1cc(C(F)(F)F)cc(C(=O)Cl)c1Cl. The van der Waals surface area contributed by atoms with Crippen LogP contribution in [0.15, 0.2) is 12.1 Å². The Morgan fingerprint density at radius 3 is 2.31 bits per heavy atom. The lowest BCUT2D eigenvalue weighted by Crippen LogP contribution is -2.07. The third-order valence-electron chi connectivity index (χ3n) is 1.80. The molecular weight excluding hydrogens is 268 g/mol. The van der Waals surface area contributed by atoms with Crippen molar-refractivity contribution in [1.82, 2.24) is 0 Å². The molecule has 0 radical (unpaired) electrons. The van der Waals surface area contributed by atoms with Crippen LogP contribution >= 0.6 is 23.2 Å². The fraction of sp³-hybridized carbons (Fsp3) is 0.222. The van der Waals surface area contributed by atoms with Crippen molar-refractivity contribution in [1.29, 1.82) is 0 Å². The van der Waals surface area contributed by atoms with Crippen LogP contribution in [0.3, 0.4) is 0 Å². The summed E-state index contributed by atoms with van der Waals surface area (Å²) in [5.74, 6) is -0.250. The van der Waals surface area contributed by atoms with E-state index in [9.17, 15) is 18.0 Å². The summed E-state index contributed by atoms with van der Waals surface area (Å²) in [6.45, 7) is 0. The molecule has 0 aromatic heterocycles. The molecule has 7 heteroatoms. The van der Waals surface area contributed by atoms with E-state index in [4.69, 9.17) is 23.2 Å². The van der Waals surface area contributed by atoms with Crippen molar-refractivity contribution in [3.8, 4) is 5.75 Å². The number of hydrogen-bond acceptors (Lipinski definition) is 2. The smallest absolute Gasteiger partial charge is 0.416 e. The molecule has 0 amide bonds. The second-order valence-corrected chi connectivity index (χ2v) is 3.53. The van der Waals surface area contributed by atoms with Gasteiger partial charge in [0.2, 0.25) is 0 Å². The van der Waals surface area contributed by atoms with Gasteiger partial charge in [0.1, 0.15) is 5.75 Å². The van der Waals surface area contributed by atoms with Crippen LogP contribution in [0.4, 0.5) is 13.2 Å². The van der Waals surface area contributed by atoms with Gasteiger partial charge in [0, 0.05) is 0 Å². The van der Waals surface area contributed by atoms with Gasteiger partial charge in [-0.05, 0) is 23.7 Å². The molecule has 0 saturated carbocycles. The predicted octanol–water partition coefficient (Wildman–Crippen LogP) is 3.75. The van der Waals surface area contributed by atoms with E-state index in [2.05, 4.69) is 4.74 Å². The highest BCUT2D eigenvalue weighted by molar-refractivity contribution is 6.68. The molecule has 1 aromatic rings. The predicted molar refractivity (Wildman–Crippen MR) is 53.2 cm³/mol. The molecular formula is C9H5Cl2F3O2. The molecule has 0 aliphatic heterocycles. The van der Waals surface area contributed by atoms with Crippen LogP contribution in [-0.2, 0) is 6.18 Å². The Balaban J connectivity index is 3.46. The number of benzene rings is 1. The maximum absolute atomic E-state index is 12.4. The monoisotopic (exact) mass is 272 g/mol. The normalized spacial score (nSPS) is 11.4. The molecule has 2 nitrogen and oxygen atoms in total. The second-order valence-electron chi connectivity index (χ2n) is 2.81. The lowest BCUT2D eigenvalue weighted by molar-refractivity contribution is -0.137. The molecule has 88 valence electrons. The summed E-state index contributed by atoms with van der Waals surface area (Å²) in [5.41, 5.74) is -1.48. The molecule has 0 saturated heterocycles. The first kappa shape index (κ1) is 13.1. The van der Waals surface area contributed by atoms with Crippen LogP contribution in [0.5, 0.6) is 5.75 Å². The zero-order chi connectivity index (χ0) is 12.5. The zero-order valence-corrected chi connectivity index (χ0v) is 9.37. The number of halogens is 5. The van der Waals surface area contributed by atoms with E-state index in [-0.39, 0.29) is 10.8 Å². The van der Waals surface area contributed by atoms with Gasteiger partial charge in [-0.1, -0.05) is 11.6 Å². The molecule has 1 aromatic carbocycles. The first-order chi connectivity index (χ1) is 7.27. The Morgan fingerprint density at radius 1 is 1.38 bits per heavy atom. The van der Waals surface area contributed by atoms with Gasteiger partial charge in [-0.15, -0.1) is 0 Å². The Hall–Kier alpha value is -0.940. The maximum Gasteiger partial charge on any atom is 0.416 e. The lowest BCUT2D eigenvalue weighted by atomic mass is 10.1. The molecule has 1 rings (SSSR count). The van der Waals surface area contributed by atoms with Gasteiger partial charge in [-0.25, -0.2) is 0 Å². The first-order valence-electron chi connectivity index (χ1n) is 3.92. The number of alkyl halides is 3. The number of methoxy groups -OCH3 is 1. The molecule has 0 N–H and O–H groups in total. The van der Waals surface area contributed by atoms with Gasteiger partial charge in [0.15, 0.2) is 0 Å². The highest BCUT2D eigenvalue weighted by Gasteiger charge is 2.33. The molecule has 0 atom stereocenters. The van der Waals surface area contributed by atoms with E-state index in [1.165, 1.54) is 0 Å². The highest BCUT2D eigenvalue weighted by Crippen LogP contribution is 2.37. The van der Waals surface area contributed by atoms with Gasteiger partial charge >= 0.3 is 6.18 Å². The van der Waals surface area contributed by atoms with Crippen molar-refractivity contribution in [3.63, 3.8) is 0 Å². The fourth-order valence-corrected chi connectivity index (χ4v) is 1.52. The van der Waals surface area contributed by atoms with Gasteiger partial charge in [0.05, 0.1) is 23.3 Å². The minimum Gasteiger partial charge on any atom is -0.495 e. The third-order valence-corrected chi connectivity index (χ3v) is 2.39. The summed E-state index contributed by atoms with van der Waals surface area (Å²) in [6, 6.07) is 1.28. The quantitative estimate of drug-likeness (QED) is 0.767. The van der Waals surface area contributed by atoms with Crippen molar-refractivity contribution in [2.75, 3.05) is 7.11 Å². The first-order valence-corrected chi connectivity index (χ1v) is 4.67. The van der Waals surface area contributed by atoms with Crippen molar-refractivity contribution < 1.29 is 22.7 Å². The molecule has 0 aliphatic carbocycles. The average molecular weight is 273 g/mol. The molecule has 0 aliphatic rings. The van der Waals surface area contributed by atoms with Crippen LogP contribution in [0, 0.1) is 0 Å². The molecule has 0 bridgehead atoms. The summed E-state index contributed by atoms with van der Waals surface area (Å²) in [5, 5.41) is -1.31. The molecule has 0 unspecified atom stereocenters. The van der Waals surface area contributed by atoms with Crippen LogP contribution in [-0.4, -0.2) is 12.4 Å². The van der Waals surface area contributed by atoms with Crippen molar-refractivity contribution in [2.45, 2.75) is 6.18 Å². The molecule has 0 fully saturated rings. The highest BCUT2D eigenvalue weighted by atomic mass is 35.5. The van der Waals surface area contributed by atoms with Gasteiger partial charge in [-0.3, -0.25) is 4.79 Å². The zero-order valence-electron chi connectivity index (χ0n) is 7.86. The Bertz CT molecular complexity index is 429. The summed E-state index contributed by atoms with van der Waals surface area (Å²) in [4.78, 5) is 10.9. The van der Waals surface area contributed by atoms with Crippen LogP contribution < -0.4 is 4.74 Å². The van der Waals surface area contributed by atoms with E-state index in [0.717, 1.165) is 7.11 Å². The van der Waals surface area contributed by atoms with Gasteiger partial charge in [0.25, 0.3) is 5.24 Å². The molecule has 16 heavy (non-hydrogen) atoms. The lowest BCUT2D eigenvalue weighted by Gasteiger charge is -2.12. The van der Waals surface area contributed by atoms with E-state index in [1.807, 2.05) is 0 Å². The van der Waals surface area contributed by atoms with E-state index < -0.39 is 22.5 Å². The van der Waals surface area contributed by atoms with Crippen molar-refractivity contribution >= 4 is 28.4 Å². The summed E-state index contributed by atoms with van der Waals surface area (Å²) < 4.78 is 41.9. The Labute approximate surface area is 98.9 Å². The maximum atomic E-state index is 12.4. The molecule has 0 heterocycles. The summed E-state index contributed by atoms with van der Waals surface area (Å²) in [6.07, 6.45) is -4.60. The number of ether oxygens (including phenoxy) is 1. The minimum atomic E-state index is -4.60. The van der Waals surface area contributed by atoms with Crippen LogP contribution in [0.2, 0.25) is 5.02 Å². The third kappa shape index (κ3) is 2.59. The van der Waals surface area contributed by atoms with E-state index in [0.29, 0.717) is 12.1 Å². The van der Waals surface area contributed by atoms with Crippen LogP contribution in [0.25, 0.3) is 0 Å². The van der Waals surface area contributed by atoms with Crippen molar-refractivity contribution in [2.24, 2.45) is 0 Å². The topological polar surface area (TPSA) is 26.3 Å². The second kappa shape index (κ2) is 4.51. The standard InChI is InChI=1S/C9H5Cl2F3O2/c1-16-6-3-4(9(12,13)14)2-5(7(6)10)8(11)15/h2-3H,1H3. The van der Waals surface area contributed by atoms with Gasteiger partial charge in [-0.2, -0.15) is 13.2 Å².